The zero-order valence-electron chi connectivity index (χ0n) is 10.3. The molecular formula is C13H14N2O3. The molecule has 1 aliphatic heterocycles. The molecule has 0 saturated carbocycles. The number of nitrogens with zero attached hydrogens (tertiary/aromatic N) is 1. The van der Waals surface area contributed by atoms with Crippen LogP contribution in [0, 0.1) is 0 Å². The molecule has 3 rings (SSSR count). The highest BCUT2D eigenvalue weighted by molar-refractivity contribution is 6.09. The summed E-state index contributed by atoms with van der Waals surface area (Å²) in [6.07, 6.45) is 2.46. The first kappa shape index (κ1) is 11.0. The number of carbonyl (C=O) groups excluding carboxylic acids is 1. The predicted molar refractivity (Wildman–Crippen MR) is 68.3 cm³/mol. The van der Waals surface area contributed by atoms with Gasteiger partial charge in [0, 0.05) is 36.9 Å². The van der Waals surface area contributed by atoms with Crippen LogP contribution in [0.1, 0.15) is 15.9 Å². The van der Waals surface area contributed by atoms with Crippen molar-refractivity contribution < 1.29 is 14.6 Å². The molecule has 5 heteroatoms. The average Bonchev–Trinajstić information content (AvgIpc) is 2.94. The number of ether oxygens (including phenoxy) is 1. The number of aromatic nitrogens is 1. The number of carbonyl (C=O) groups is 1. The molecule has 0 aliphatic carbocycles. The molecular weight excluding hydrogens is 232 g/mol. The van der Waals surface area contributed by atoms with Gasteiger partial charge in [-0.05, 0) is 12.0 Å². The third-order valence-electron chi connectivity index (χ3n) is 3.53. The molecule has 0 radical (unpaired) electrons. The molecule has 0 atom stereocenters. The van der Waals surface area contributed by atoms with E-state index in [0.717, 1.165) is 29.6 Å². The fraction of sp³-hybridized carbons (Fsp3) is 0.308. The summed E-state index contributed by atoms with van der Waals surface area (Å²) in [5.41, 5.74) is 3.15. The van der Waals surface area contributed by atoms with Gasteiger partial charge in [0.15, 0.2) is 0 Å². The van der Waals surface area contributed by atoms with Crippen molar-refractivity contribution in [2.24, 2.45) is 0 Å². The maximum absolute atomic E-state index is 11.7. The van der Waals surface area contributed by atoms with Crippen molar-refractivity contribution in [3.8, 4) is 5.75 Å². The zero-order valence-corrected chi connectivity index (χ0v) is 10.3. The zero-order chi connectivity index (χ0) is 12.9. The van der Waals surface area contributed by atoms with Gasteiger partial charge < -0.3 is 19.7 Å². The average molecular weight is 246 g/mol. The fourth-order valence-corrected chi connectivity index (χ4v) is 2.62. The summed E-state index contributed by atoms with van der Waals surface area (Å²) in [5.74, 6) is -0.226. The van der Waals surface area contributed by atoms with Gasteiger partial charge in [0.1, 0.15) is 5.75 Å². The van der Waals surface area contributed by atoms with Gasteiger partial charge in [-0.25, -0.2) is 4.79 Å². The number of esters is 1. The van der Waals surface area contributed by atoms with Crippen molar-refractivity contribution in [1.82, 2.24) is 4.98 Å². The standard InChI is InChI=1S/C13H14N2O3/c1-15-4-3-7-9(15)5-10(16)12-11(7)8(6-14-12)13(17)18-2/h5-6,14,16H,3-4H2,1-2H3. The number of aromatic amines is 1. The van der Waals surface area contributed by atoms with Gasteiger partial charge in [0.05, 0.1) is 18.2 Å². The minimum absolute atomic E-state index is 0.160. The van der Waals surface area contributed by atoms with Crippen LogP contribution in [0.2, 0.25) is 0 Å². The number of phenols is 1. The summed E-state index contributed by atoms with van der Waals surface area (Å²) in [7, 11) is 3.33. The lowest BCUT2D eigenvalue weighted by Gasteiger charge is -2.12. The minimum Gasteiger partial charge on any atom is -0.506 e. The van der Waals surface area contributed by atoms with Crippen molar-refractivity contribution in [2.75, 3.05) is 25.6 Å². The molecule has 0 fully saturated rings. The van der Waals surface area contributed by atoms with E-state index in [1.807, 2.05) is 7.05 Å². The number of H-pyrrole nitrogens is 1. The van der Waals surface area contributed by atoms with E-state index in [-0.39, 0.29) is 11.7 Å². The van der Waals surface area contributed by atoms with Crippen molar-refractivity contribution in [1.29, 1.82) is 0 Å². The highest BCUT2D eigenvalue weighted by atomic mass is 16.5. The molecule has 2 N–H and O–H groups in total. The van der Waals surface area contributed by atoms with Crippen LogP contribution in [0.15, 0.2) is 12.3 Å². The molecule has 2 heterocycles. The Morgan fingerprint density at radius 2 is 2.33 bits per heavy atom. The first-order valence-corrected chi connectivity index (χ1v) is 5.79. The largest absolute Gasteiger partial charge is 0.506 e. The molecule has 2 aromatic rings. The molecule has 0 spiro atoms. The summed E-state index contributed by atoms with van der Waals surface area (Å²) < 4.78 is 4.78. The van der Waals surface area contributed by atoms with E-state index >= 15 is 0 Å². The number of fused-ring (bicyclic) bond motifs is 3. The van der Waals surface area contributed by atoms with Crippen molar-refractivity contribution >= 4 is 22.6 Å². The van der Waals surface area contributed by atoms with E-state index in [1.165, 1.54) is 7.11 Å². The Hall–Kier alpha value is -2.17. The highest BCUT2D eigenvalue weighted by Gasteiger charge is 2.25. The number of hydrogen-bond acceptors (Lipinski definition) is 4. The van der Waals surface area contributed by atoms with E-state index < -0.39 is 0 Å². The van der Waals surface area contributed by atoms with Crippen molar-refractivity contribution in [3.05, 3.63) is 23.4 Å². The Bertz CT molecular complexity index is 645. The third kappa shape index (κ3) is 1.30. The van der Waals surface area contributed by atoms with Gasteiger partial charge in [0.25, 0.3) is 0 Å². The van der Waals surface area contributed by atoms with Gasteiger partial charge in [-0.15, -0.1) is 0 Å². The van der Waals surface area contributed by atoms with E-state index in [0.29, 0.717) is 11.1 Å². The third-order valence-corrected chi connectivity index (χ3v) is 3.53. The molecule has 1 aromatic heterocycles. The van der Waals surface area contributed by atoms with Gasteiger partial charge in [0.2, 0.25) is 0 Å². The van der Waals surface area contributed by atoms with Crippen molar-refractivity contribution in [2.45, 2.75) is 6.42 Å². The lowest BCUT2D eigenvalue weighted by atomic mass is 10.0. The van der Waals surface area contributed by atoms with Crippen LogP contribution in [-0.4, -0.2) is 36.8 Å². The quantitative estimate of drug-likeness (QED) is 0.751. The molecule has 5 nitrogen and oxygen atoms in total. The van der Waals surface area contributed by atoms with Crippen LogP contribution in [0.5, 0.6) is 5.75 Å². The smallest absolute Gasteiger partial charge is 0.340 e. The van der Waals surface area contributed by atoms with Crippen LogP contribution < -0.4 is 4.90 Å². The van der Waals surface area contributed by atoms with Crippen LogP contribution in [0.3, 0.4) is 0 Å². The van der Waals surface area contributed by atoms with Crippen LogP contribution >= 0.6 is 0 Å². The first-order valence-electron chi connectivity index (χ1n) is 5.79. The monoisotopic (exact) mass is 246 g/mol. The number of likely N-dealkylation sites (N-methyl/N-ethyl adjacent to an activating group) is 1. The second kappa shape index (κ2) is 3.66. The van der Waals surface area contributed by atoms with E-state index in [9.17, 15) is 9.90 Å². The second-order valence-electron chi connectivity index (χ2n) is 4.51. The van der Waals surface area contributed by atoms with Crippen LogP contribution in [0.25, 0.3) is 10.9 Å². The maximum Gasteiger partial charge on any atom is 0.340 e. The Labute approximate surface area is 104 Å². The molecule has 1 aromatic carbocycles. The Balaban J connectivity index is 2.36. The van der Waals surface area contributed by atoms with Gasteiger partial charge >= 0.3 is 5.97 Å². The van der Waals surface area contributed by atoms with Crippen molar-refractivity contribution in [3.63, 3.8) is 0 Å². The fourth-order valence-electron chi connectivity index (χ4n) is 2.62. The molecule has 0 unspecified atom stereocenters. The first-order chi connectivity index (χ1) is 8.63. The van der Waals surface area contributed by atoms with Gasteiger partial charge in [-0.1, -0.05) is 0 Å². The number of benzene rings is 1. The number of anilines is 1. The maximum atomic E-state index is 11.7. The Morgan fingerprint density at radius 1 is 1.56 bits per heavy atom. The summed E-state index contributed by atoms with van der Waals surface area (Å²) in [5, 5.41) is 10.8. The number of rotatable bonds is 1. The number of phenolic OH excluding ortho intramolecular Hbond substituents is 1. The normalized spacial score (nSPS) is 14.0. The molecule has 0 bridgehead atoms. The summed E-state index contributed by atoms with van der Waals surface area (Å²) >= 11 is 0. The van der Waals surface area contributed by atoms with E-state index in [2.05, 4.69) is 9.88 Å². The second-order valence-corrected chi connectivity index (χ2v) is 4.51. The molecule has 0 saturated heterocycles. The van der Waals surface area contributed by atoms with Crippen LogP contribution in [0.4, 0.5) is 5.69 Å². The number of methoxy groups -OCH3 is 1. The van der Waals surface area contributed by atoms with Gasteiger partial charge in [-0.3, -0.25) is 0 Å². The lowest BCUT2D eigenvalue weighted by Crippen LogP contribution is -2.12. The molecule has 18 heavy (non-hydrogen) atoms. The Kier molecular flexibility index (Phi) is 2.23. The summed E-state index contributed by atoms with van der Waals surface area (Å²) in [6, 6.07) is 1.74. The molecule has 1 aliphatic rings. The Morgan fingerprint density at radius 3 is 3.06 bits per heavy atom. The van der Waals surface area contributed by atoms with E-state index in [1.54, 1.807) is 12.3 Å². The summed E-state index contributed by atoms with van der Waals surface area (Å²) in [6.45, 7) is 0.889. The number of aromatic hydroxyl groups is 1. The molecule has 94 valence electrons. The summed E-state index contributed by atoms with van der Waals surface area (Å²) in [4.78, 5) is 16.8. The number of nitrogens with one attached hydrogen (secondary N) is 1. The molecule has 0 amide bonds. The van der Waals surface area contributed by atoms with Gasteiger partial charge in [-0.2, -0.15) is 0 Å². The predicted octanol–water partition coefficient (Wildman–Crippen LogP) is 1.65. The topological polar surface area (TPSA) is 65.6 Å². The van der Waals surface area contributed by atoms with Crippen LogP contribution in [-0.2, 0) is 11.2 Å². The SMILES string of the molecule is COC(=O)c1c[nH]c2c(O)cc3c(c12)CCN3C. The number of hydrogen-bond donors (Lipinski definition) is 2. The highest BCUT2D eigenvalue weighted by Crippen LogP contribution is 2.40. The van der Waals surface area contributed by atoms with E-state index in [4.69, 9.17) is 4.74 Å². The lowest BCUT2D eigenvalue weighted by molar-refractivity contribution is 0.0603. The minimum atomic E-state index is -0.386.